The number of likely N-dealkylation sites (N-methyl/N-ethyl adjacent to an activating group) is 1. The monoisotopic (exact) mass is 177 g/mol. The first-order valence-corrected chi connectivity index (χ1v) is 3.37. The minimum absolute atomic E-state index is 0.0653. The Morgan fingerprint density at radius 3 is 2.88 bits per heavy atom. The number of halogens is 1. The van der Waals surface area contributed by atoms with Crippen molar-refractivity contribution in [1.82, 2.24) is 5.32 Å². The van der Waals surface area contributed by atoms with Gasteiger partial charge in [0.05, 0.1) is 0 Å². The Labute approximate surface area is 57.1 Å². The van der Waals surface area contributed by atoms with Crippen molar-refractivity contribution in [3.8, 4) is 0 Å². The van der Waals surface area contributed by atoms with Gasteiger partial charge in [-0.05, 0) is 6.08 Å². The Morgan fingerprint density at radius 1 is 1.88 bits per heavy atom. The number of hydrogen-bond donors (Lipinski definition) is 1. The van der Waals surface area contributed by atoms with E-state index < -0.39 is 0 Å². The van der Waals surface area contributed by atoms with E-state index in [2.05, 4.69) is 21.2 Å². The largest absolute Gasteiger partial charge is 0.356 e. The Bertz CT molecular complexity index is 101. The summed E-state index contributed by atoms with van der Waals surface area (Å²) in [7, 11) is 1.60. The third kappa shape index (κ3) is 3.87. The maximum Gasteiger partial charge on any atom is 0.243 e. The van der Waals surface area contributed by atoms with Crippen molar-refractivity contribution in [3.63, 3.8) is 0 Å². The van der Waals surface area contributed by atoms with Gasteiger partial charge in [0.25, 0.3) is 0 Å². The van der Waals surface area contributed by atoms with Crippen LogP contribution < -0.4 is 5.32 Å². The highest BCUT2D eigenvalue weighted by Gasteiger charge is 1.83. The number of hydrogen-bond acceptors (Lipinski definition) is 1. The summed E-state index contributed by atoms with van der Waals surface area (Å²) in [5.41, 5.74) is 0. The van der Waals surface area contributed by atoms with Crippen molar-refractivity contribution in [2.45, 2.75) is 0 Å². The van der Waals surface area contributed by atoms with Gasteiger partial charge in [0.15, 0.2) is 0 Å². The molecule has 0 atom stereocenters. The highest BCUT2D eigenvalue weighted by atomic mass is 79.9. The summed E-state index contributed by atoms with van der Waals surface area (Å²) in [6, 6.07) is 0. The maximum absolute atomic E-state index is 10.4. The lowest BCUT2D eigenvalue weighted by molar-refractivity contribution is -0.116. The average Bonchev–Trinajstić information content (AvgIpc) is 1.83. The Hall–Kier alpha value is -0.310. The molecule has 0 heterocycles. The molecular formula is C5H8BrNO. The maximum atomic E-state index is 10.4. The van der Waals surface area contributed by atoms with Crippen LogP contribution in [0.3, 0.4) is 0 Å². The van der Waals surface area contributed by atoms with Gasteiger partial charge in [0.2, 0.25) is 5.91 Å². The normalized spacial score (nSPS) is 9.75. The van der Waals surface area contributed by atoms with E-state index in [1.165, 1.54) is 6.08 Å². The van der Waals surface area contributed by atoms with Crippen LogP contribution in [0.25, 0.3) is 0 Å². The van der Waals surface area contributed by atoms with Gasteiger partial charge in [-0.3, -0.25) is 4.79 Å². The smallest absolute Gasteiger partial charge is 0.243 e. The molecule has 0 saturated carbocycles. The van der Waals surface area contributed by atoms with E-state index in [0.29, 0.717) is 0 Å². The molecule has 0 bridgehead atoms. The second-order valence-electron chi connectivity index (χ2n) is 1.17. The van der Waals surface area contributed by atoms with Crippen LogP contribution in [0.2, 0.25) is 0 Å². The van der Waals surface area contributed by atoms with Crippen LogP contribution in [0.1, 0.15) is 0 Å². The van der Waals surface area contributed by atoms with Gasteiger partial charge in [-0.25, -0.2) is 0 Å². The standard InChI is InChI=1S/C5H8BrNO/c1-7-5(8)3-2-4-6/h2-3H,4H2,1H3,(H,7,8). The molecule has 0 unspecified atom stereocenters. The molecule has 0 saturated heterocycles. The number of rotatable bonds is 2. The zero-order valence-electron chi connectivity index (χ0n) is 4.65. The van der Waals surface area contributed by atoms with Gasteiger partial charge in [-0.1, -0.05) is 22.0 Å². The second kappa shape index (κ2) is 4.84. The molecular weight excluding hydrogens is 170 g/mol. The fourth-order valence-corrected chi connectivity index (χ4v) is 0.422. The Morgan fingerprint density at radius 2 is 2.50 bits per heavy atom. The van der Waals surface area contributed by atoms with E-state index in [4.69, 9.17) is 0 Å². The van der Waals surface area contributed by atoms with Gasteiger partial charge in [-0.15, -0.1) is 0 Å². The summed E-state index contributed by atoms with van der Waals surface area (Å²) in [6.45, 7) is 0. The molecule has 2 nitrogen and oxygen atoms in total. The van der Waals surface area contributed by atoms with Crippen LogP contribution >= 0.6 is 15.9 Å². The number of nitrogens with one attached hydrogen (secondary N) is 1. The third-order valence-corrected chi connectivity index (χ3v) is 0.979. The number of allylic oxidation sites excluding steroid dienone is 1. The van der Waals surface area contributed by atoms with Crippen LogP contribution in [0.15, 0.2) is 12.2 Å². The first kappa shape index (κ1) is 7.69. The molecule has 0 aromatic heterocycles. The van der Waals surface area contributed by atoms with Crippen molar-refractivity contribution in [1.29, 1.82) is 0 Å². The SMILES string of the molecule is CNC(=O)C=CCBr. The molecule has 1 amide bonds. The quantitative estimate of drug-likeness (QED) is 0.489. The average molecular weight is 178 g/mol. The zero-order chi connectivity index (χ0) is 6.41. The molecule has 8 heavy (non-hydrogen) atoms. The number of carbonyl (C=O) groups excluding carboxylic acids is 1. The van der Waals surface area contributed by atoms with Gasteiger partial charge < -0.3 is 5.32 Å². The number of carbonyl (C=O) groups is 1. The molecule has 0 aliphatic heterocycles. The molecule has 1 N–H and O–H groups in total. The minimum atomic E-state index is -0.0653. The molecule has 3 heteroatoms. The van der Waals surface area contributed by atoms with Gasteiger partial charge >= 0.3 is 0 Å². The van der Waals surface area contributed by atoms with E-state index >= 15 is 0 Å². The molecule has 0 radical (unpaired) electrons. The first-order valence-electron chi connectivity index (χ1n) is 2.25. The van der Waals surface area contributed by atoms with Crippen molar-refractivity contribution in [3.05, 3.63) is 12.2 Å². The predicted octanol–water partition coefficient (Wildman–Crippen LogP) is 0.683. The lowest BCUT2D eigenvalue weighted by Crippen LogP contribution is -2.13. The number of amides is 1. The fraction of sp³-hybridized carbons (Fsp3) is 0.400. The molecule has 0 aliphatic carbocycles. The minimum Gasteiger partial charge on any atom is -0.356 e. The molecule has 0 aromatic rings. The molecule has 0 fully saturated rings. The van der Waals surface area contributed by atoms with E-state index in [1.807, 2.05) is 0 Å². The predicted molar refractivity (Wildman–Crippen MR) is 37.0 cm³/mol. The fourth-order valence-electron chi connectivity index (χ4n) is 0.235. The summed E-state index contributed by atoms with van der Waals surface area (Å²) in [4.78, 5) is 10.4. The van der Waals surface area contributed by atoms with Crippen LogP contribution in [-0.2, 0) is 4.79 Å². The summed E-state index contributed by atoms with van der Waals surface area (Å²) < 4.78 is 0. The van der Waals surface area contributed by atoms with Gasteiger partial charge in [-0.2, -0.15) is 0 Å². The summed E-state index contributed by atoms with van der Waals surface area (Å²) in [5, 5.41) is 3.18. The van der Waals surface area contributed by atoms with Gasteiger partial charge in [0, 0.05) is 12.4 Å². The van der Waals surface area contributed by atoms with Crippen LogP contribution in [-0.4, -0.2) is 18.3 Å². The second-order valence-corrected chi connectivity index (χ2v) is 1.82. The highest BCUT2D eigenvalue weighted by Crippen LogP contribution is 1.80. The first-order chi connectivity index (χ1) is 3.81. The van der Waals surface area contributed by atoms with Crippen molar-refractivity contribution >= 4 is 21.8 Å². The van der Waals surface area contributed by atoms with Crippen molar-refractivity contribution in [2.24, 2.45) is 0 Å². The molecule has 0 rings (SSSR count). The molecule has 46 valence electrons. The highest BCUT2D eigenvalue weighted by molar-refractivity contribution is 9.09. The molecule has 0 aromatic carbocycles. The van der Waals surface area contributed by atoms with Crippen LogP contribution in [0.4, 0.5) is 0 Å². The Kier molecular flexibility index (Phi) is 4.65. The summed E-state index contributed by atoms with van der Waals surface area (Å²) >= 11 is 3.14. The van der Waals surface area contributed by atoms with Crippen molar-refractivity contribution in [2.75, 3.05) is 12.4 Å². The van der Waals surface area contributed by atoms with Crippen LogP contribution in [0.5, 0.6) is 0 Å². The van der Waals surface area contributed by atoms with E-state index in [9.17, 15) is 4.79 Å². The number of alkyl halides is 1. The lowest BCUT2D eigenvalue weighted by atomic mass is 10.5. The zero-order valence-corrected chi connectivity index (χ0v) is 6.23. The van der Waals surface area contributed by atoms with Gasteiger partial charge in [0.1, 0.15) is 0 Å². The third-order valence-electron chi connectivity index (χ3n) is 0.605. The van der Waals surface area contributed by atoms with E-state index in [1.54, 1.807) is 13.1 Å². The topological polar surface area (TPSA) is 29.1 Å². The van der Waals surface area contributed by atoms with Crippen LogP contribution in [0, 0.1) is 0 Å². The molecule has 0 spiro atoms. The summed E-state index contributed by atoms with van der Waals surface area (Å²) in [6.07, 6.45) is 3.22. The van der Waals surface area contributed by atoms with E-state index in [-0.39, 0.29) is 5.91 Å². The summed E-state index contributed by atoms with van der Waals surface area (Å²) in [5.74, 6) is -0.0653. The van der Waals surface area contributed by atoms with Crippen molar-refractivity contribution < 1.29 is 4.79 Å². The Balaban J connectivity index is 3.37. The van der Waals surface area contributed by atoms with E-state index in [0.717, 1.165) is 5.33 Å². The molecule has 0 aliphatic rings. The lowest BCUT2D eigenvalue weighted by Gasteiger charge is -1.85.